The number of nitrogens with zero attached hydrogens (tertiary/aromatic N) is 2. The number of ether oxygens (including phenoxy) is 2. The van der Waals surface area contributed by atoms with E-state index in [1.807, 2.05) is 24.7 Å². The highest BCUT2D eigenvalue weighted by Gasteiger charge is 1.99. The molecule has 0 aromatic carbocycles. The normalized spacial score (nSPS) is 10.6. The smallest absolute Gasteiger partial charge is 0.146 e. The number of hydrogen-bond acceptors (Lipinski definition) is 3. The van der Waals surface area contributed by atoms with Gasteiger partial charge in [0.1, 0.15) is 12.6 Å². The number of imidazole rings is 1. The fraction of sp³-hybridized carbons (Fsp3) is 0.625. The summed E-state index contributed by atoms with van der Waals surface area (Å²) in [6.07, 6.45) is 1.95. The van der Waals surface area contributed by atoms with Crippen molar-refractivity contribution in [3.8, 4) is 0 Å². The van der Waals surface area contributed by atoms with E-state index in [4.69, 9.17) is 9.47 Å². The van der Waals surface area contributed by atoms with Crippen molar-refractivity contribution >= 4 is 0 Å². The summed E-state index contributed by atoms with van der Waals surface area (Å²) in [6.45, 7) is 2.78. The number of rotatable bonds is 4. The Labute approximate surface area is 72.1 Å². The molecule has 0 aliphatic heterocycles. The summed E-state index contributed by atoms with van der Waals surface area (Å²) < 4.78 is 11.8. The topological polar surface area (TPSA) is 36.3 Å². The van der Waals surface area contributed by atoms with Crippen molar-refractivity contribution in [1.82, 2.24) is 9.55 Å². The maximum absolute atomic E-state index is 5.14. The van der Waals surface area contributed by atoms with E-state index in [1.54, 1.807) is 7.11 Å². The maximum atomic E-state index is 5.14. The van der Waals surface area contributed by atoms with E-state index in [0.29, 0.717) is 13.4 Å². The summed E-state index contributed by atoms with van der Waals surface area (Å²) >= 11 is 0. The van der Waals surface area contributed by atoms with Crippen LogP contribution in [0.15, 0.2) is 6.20 Å². The predicted molar refractivity (Wildman–Crippen MR) is 44.6 cm³/mol. The van der Waals surface area contributed by atoms with Crippen molar-refractivity contribution in [1.29, 1.82) is 0 Å². The lowest BCUT2D eigenvalue weighted by molar-refractivity contribution is -0.0400. The number of aryl methyl sites for hydroxylation is 2. The van der Waals surface area contributed by atoms with Gasteiger partial charge in [-0.15, -0.1) is 0 Å². The van der Waals surface area contributed by atoms with Crippen LogP contribution in [0.5, 0.6) is 0 Å². The van der Waals surface area contributed by atoms with Crippen molar-refractivity contribution in [2.45, 2.75) is 13.5 Å². The van der Waals surface area contributed by atoms with Crippen LogP contribution in [0, 0.1) is 6.92 Å². The third-order valence-electron chi connectivity index (χ3n) is 1.61. The summed E-state index contributed by atoms with van der Waals surface area (Å²) in [5, 5.41) is 0. The summed E-state index contributed by atoms with van der Waals surface area (Å²) in [5.41, 5.74) is 0.937. The zero-order valence-corrected chi connectivity index (χ0v) is 7.70. The second kappa shape index (κ2) is 4.23. The molecule has 1 heterocycles. The van der Waals surface area contributed by atoms with Crippen molar-refractivity contribution in [3.63, 3.8) is 0 Å². The molecule has 0 spiro atoms. The molecule has 12 heavy (non-hydrogen) atoms. The molecule has 0 N–H and O–H groups in total. The quantitative estimate of drug-likeness (QED) is 0.496. The van der Waals surface area contributed by atoms with Gasteiger partial charge in [-0.2, -0.15) is 0 Å². The Morgan fingerprint density at radius 3 is 2.83 bits per heavy atom. The van der Waals surface area contributed by atoms with E-state index in [-0.39, 0.29) is 0 Å². The molecule has 0 aliphatic rings. The molecule has 0 radical (unpaired) electrons. The predicted octanol–water partition coefficient (Wildman–Crippen LogP) is 0.849. The van der Waals surface area contributed by atoms with Gasteiger partial charge in [0.05, 0.1) is 12.3 Å². The number of hydrogen-bond donors (Lipinski definition) is 0. The molecule has 1 aromatic rings. The van der Waals surface area contributed by atoms with Gasteiger partial charge in [-0.25, -0.2) is 4.98 Å². The van der Waals surface area contributed by atoms with E-state index >= 15 is 0 Å². The molecule has 0 saturated carbocycles. The van der Waals surface area contributed by atoms with Crippen LogP contribution in [-0.2, 0) is 23.1 Å². The molecule has 0 amide bonds. The molecule has 0 aliphatic carbocycles. The summed E-state index contributed by atoms with van der Waals surface area (Å²) in [5.74, 6) is 0.992. The van der Waals surface area contributed by atoms with Crippen LogP contribution in [0.4, 0.5) is 0 Å². The SMILES string of the molecule is COCOCc1cn(C)c(C)n1. The van der Waals surface area contributed by atoms with Crippen LogP contribution in [-0.4, -0.2) is 23.5 Å². The lowest BCUT2D eigenvalue weighted by Gasteiger charge is -1.97. The monoisotopic (exact) mass is 170 g/mol. The Kier molecular flexibility index (Phi) is 3.25. The Hall–Kier alpha value is -0.870. The average Bonchev–Trinajstić information content (AvgIpc) is 2.32. The van der Waals surface area contributed by atoms with Gasteiger partial charge in [0.15, 0.2) is 0 Å². The highest BCUT2D eigenvalue weighted by molar-refractivity contribution is 5.00. The average molecular weight is 170 g/mol. The van der Waals surface area contributed by atoms with Crippen molar-refractivity contribution in [2.75, 3.05) is 13.9 Å². The van der Waals surface area contributed by atoms with Gasteiger partial charge >= 0.3 is 0 Å². The molecular weight excluding hydrogens is 156 g/mol. The minimum Gasteiger partial charge on any atom is -0.359 e. The highest BCUT2D eigenvalue weighted by Crippen LogP contribution is 2.01. The van der Waals surface area contributed by atoms with Crippen molar-refractivity contribution < 1.29 is 9.47 Å². The lowest BCUT2D eigenvalue weighted by atomic mass is 10.5. The van der Waals surface area contributed by atoms with E-state index in [0.717, 1.165) is 11.5 Å². The molecule has 0 saturated heterocycles. The Morgan fingerprint density at radius 1 is 1.58 bits per heavy atom. The van der Waals surface area contributed by atoms with Crippen LogP contribution in [0.3, 0.4) is 0 Å². The molecule has 4 heteroatoms. The first kappa shape index (κ1) is 9.22. The molecule has 0 atom stereocenters. The third kappa shape index (κ3) is 2.32. The third-order valence-corrected chi connectivity index (χ3v) is 1.61. The van der Waals surface area contributed by atoms with Gasteiger partial charge in [-0.3, -0.25) is 0 Å². The molecule has 4 nitrogen and oxygen atoms in total. The minimum atomic E-state index is 0.315. The van der Waals surface area contributed by atoms with Crippen LogP contribution in [0.2, 0.25) is 0 Å². The van der Waals surface area contributed by atoms with Gasteiger partial charge in [0, 0.05) is 20.4 Å². The van der Waals surface area contributed by atoms with Crippen LogP contribution < -0.4 is 0 Å². The van der Waals surface area contributed by atoms with Crippen LogP contribution in [0.25, 0.3) is 0 Å². The van der Waals surface area contributed by atoms with E-state index < -0.39 is 0 Å². The van der Waals surface area contributed by atoms with Crippen molar-refractivity contribution in [3.05, 3.63) is 17.7 Å². The molecule has 0 fully saturated rings. The maximum Gasteiger partial charge on any atom is 0.146 e. The molecule has 0 bridgehead atoms. The Morgan fingerprint density at radius 2 is 2.33 bits per heavy atom. The Balaban J connectivity index is 2.42. The van der Waals surface area contributed by atoms with E-state index in [2.05, 4.69) is 4.98 Å². The van der Waals surface area contributed by atoms with Gasteiger partial charge < -0.3 is 14.0 Å². The van der Waals surface area contributed by atoms with Gasteiger partial charge in [-0.05, 0) is 6.92 Å². The largest absolute Gasteiger partial charge is 0.359 e. The first-order valence-electron chi connectivity index (χ1n) is 3.79. The molecular formula is C8H14N2O2. The van der Waals surface area contributed by atoms with Gasteiger partial charge in [0.2, 0.25) is 0 Å². The van der Waals surface area contributed by atoms with E-state index in [9.17, 15) is 0 Å². The number of methoxy groups -OCH3 is 1. The van der Waals surface area contributed by atoms with Crippen LogP contribution in [0.1, 0.15) is 11.5 Å². The summed E-state index contributed by atoms with van der Waals surface area (Å²) in [6, 6.07) is 0. The number of aromatic nitrogens is 2. The van der Waals surface area contributed by atoms with Crippen molar-refractivity contribution in [2.24, 2.45) is 7.05 Å². The minimum absolute atomic E-state index is 0.315. The molecule has 68 valence electrons. The highest BCUT2D eigenvalue weighted by atomic mass is 16.7. The van der Waals surface area contributed by atoms with Crippen LogP contribution >= 0.6 is 0 Å². The zero-order valence-electron chi connectivity index (χ0n) is 7.70. The fourth-order valence-electron chi connectivity index (χ4n) is 0.932. The lowest BCUT2D eigenvalue weighted by Crippen LogP contribution is -1.96. The first-order chi connectivity index (χ1) is 5.74. The standard InChI is InChI=1S/C8H14N2O2/c1-7-9-8(4-10(7)2)5-12-6-11-3/h4H,5-6H2,1-3H3. The molecule has 0 unspecified atom stereocenters. The summed E-state index contributed by atoms with van der Waals surface area (Å²) in [7, 11) is 3.56. The fourth-order valence-corrected chi connectivity index (χ4v) is 0.932. The molecule has 1 aromatic heterocycles. The second-order valence-corrected chi connectivity index (χ2v) is 2.65. The van der Waals surface area contributed by atoms with Gasteiger partial charge in [0.25, 0.3) is 0 Å². The Bertz CT molecular complexity index is 226. The second-order valence-electron chi connectivity index (χ2n) is 2.65. The molecule has 1 rings (SSSR count). The zero-order chi connectivity index (χ0) is 8.97. The first-order valence-corrected chi connectivity index (χ1v) is 3.79. The van der Waals surface area contributed by atoms with E-state index in [1.165, 1.54) is 0 Å². The van der Waals surface area contributed by atoms with Gasteiger partial charge in [-0.1, -0.05) is 0 Å². The summed E-state index contributed by atoms with van der Waals surface area (Å²) in [4.78, 5) is 4.26.